The highest BCUT2D eigenvalue weighted by Gasteiger charge is 2.19. The zero-order valence-electron chi connectivity index (χ0n) is 15.0. The summed E-state index contributed by atoms with van der Waals surface area (Å²) in [5.74, 6) is 1.42. The molecule has 2 heterocycles. The van der Waals surface area contributed by atoms with Gasteiger partial charge in [-0.25, -0.2) is 0 Å². The van der Waals surface area contributed by atoms with E-state index < -0.39 is 0 Å². The number of carbonyl (C=O) groups is 1. The van der Waals surface area contributed by atoms with Gasteiger partial charge in [-0.1, -0.05) is 38.5 Å². The Bertz CT molecular complexity index is 704. The second kappa shape index (κ2) is 8.85. The van der Waals surface area contributed by atoms with E-state index in [2.05, 4.69) is 45.4 Å². The molecule has 0 aromatic carbocycles. The van der Waals surface area contributed by atoms with Crippen molar-refractivity contribution in [2.45, 2.75) is 70.1 Å². The van der Waals surface area contributed by atoms with Crippen molar-refractivity contribution in [3.63, 3.8) is 0 Å². The highest BCUT2D eigenvalue weighted by Crippen LogP contribution is 2.28. The summed E-state index contributed by atoms with van der Waals surface area (Å²) in [6, 6.07) is 2.57. The average molecular weight is 379 g/mol. The van der Waals surface area contributed by atoms with Crippen LogP contribution in [0.4, 0.5) is 0 Å². The average Bonchev–Trinajstić information content (AvgIpc) is 3.34. The maximum atomic E-state index is 12.2. The Morgan fingerprint density at radius 1 is 1.36 bits per heavy atom. The number of hydrogen-bond donors (Lipinski definition) is 1. The van der Waals surface area contributed by atoms with Crippen LogP contribution in [0.25, 0.3) is 11.4 Å². The van der Waals surface area contributed by atoms with Gasteiger partial charge in [-0.05, 0) is 31.7 Å². The van der Waals surface area contributed by atoms with Crippen molar-refractivity contribution in [2.24, 2.45) is 0 Å². The molecule has 0 atom stereocenters. The Labute approximate surface area is 157 Å². The normalized spacial score (nSPS) is 15.0. The predicted molar refractivity (Wildman–Crippen MR) is 104 cm³/mol. The summed E-state index contributed by atoms with van der Waals surface area (Å²) in [7, 11) is 0. The number of nitrogens with one attached hydrogen (secondary N) is 1. The number of aryl methyl sites for hydroxylation is 1. The molecule has 136 valence electrons. The number of nitrogens with zero attached hydrogens (tertiary/aromatic N) is 3. The van der Waals surface area contributed by atoms with E-state index in [0.29, 0.717) is 11.8 Å². The summed E-state index contributed by atoms with van der Waals surface area (Å²) >= 11 is 3.25. The molecule has 2 aromatic rings. The van der Waals surface area contributed by atoms with Gasteiger partial charge in [-0.3, -0.25) is 4.79 Å². The summed E-state index contributed by atoms with van der Waals surface area (Å²) in [5.41, 5.74) is 1.13. The lowest BCUT2D eigenvalue weighted by atomic mass is 10.2. The maximum absolute atomic E-state index is 12.2. The number of hydrogen-bond acceptors (Lipinski definition) is 5. The number of carbonyl (C=O) groups excluding carboxylic acids is 1. The first kappa shape index (κ1) is 18.5. The molecule has 7 heteroatoms. The van der Waals surface area contributed by atoms with E-state index in [-0.39, 0.29) is 5.91 Å². The molecule has 2 aromatic heterocycles. The van der Waals surface area contributed by atoms with Gasteiger partial charge in [0.15, 0.2) is 11.0 Å². The van der Waals surface area contributed by atoms with Crippen LogP contribution in [0, 0.1) is 0 Å². The van der Waals surface area contributed by atoms with Gasteiger partial charge in [0.2, 0.25) is 5.91 Å². The summed E-state index contributed by atoms with van der Waals surface area (Å²) in [6.45, 7) is 5.18. The molecule has 1 saturated carbocycles. The lowest BCUT2D eigenvalue weighted by molar-refractivity contribution is -0.119. The van der Waals surface area contributed by atoms with Crippen molar-refractivity contribution in [1.29, 1.82) is 0 Å². The van der Waals surface area contributed by atoms with Crippen LogP contribution < -0.4 is 5.32 Å². The van der Waals surface area contributed by atoms with E-state index >= 15 is 0 Å². The maximum Gasteiger partial charge on any atom is 0.230 e. The number of thioether (sulfide) groups is 1. The SMILES string of the molecule is CCCn1c(SCC(=O)NC2CCCC2)nnc1-c1csc(CC)c1. The first-order valence-corrected chi connectivity index (χ1v) is 11.0. The molecule has 5 nitrogen and oxygen atoms in total. The number of amides is 1. The Morgan fingerprint density at radius 2 is 2.16 bits per heavy atom. The van der Waals surface area contributed by atoms with E-state index in [1.165, 1.54) is 29.5 Å². The molecule has 1 aliphatic carbocycles. The third kappa shape index (κ3) is 4.64. The lowest BCUT2D eigenvalue weighted by Crippen LogP contribution is -2.33. The predicted octanol–water partition coefficient (Wildman–Crippen LogP) is 4.13. The number of rotatable bonds is 8. The van der Waals surface area contributed by atoms with Crippen molar-refractivity contribution >= 4 is 29.0 Å². The molecule has 0 aliphatic heterocycles. The van der Waals surface area contributed by atoms with Crippen LogP contribution >= 0.6 is 23.1 Å². The summed E-state index contributed by atoms with van der Waals surface area (Å²) in [4.78, 5) is 13.5. The minimum absolute atomic E-state index is 0.105. The molecule has 3 rings (SSSR count). The van der Waals surface area contributed by atoms with E-state index in [4.69, 9.17) is 0 Å². The molecule has 0 spiro atoms. The molecule has 1 fully saturated rings. The molecule has 0 radical (unpaired) electrons. The van der Waals surface area contributed by atoms with E-state index in [1.807, 2.05) is 0 Å². The van der Waals surface area contributed by atoms with Gasteiger partial charge in [0.05, 0.1) is 5.75 Å². The van der Waals surface area contributed by atoms with Gasteiger partial charge in [-0.15, -0.1) is 21.5 Å². The fourth-order valence-electron chi connectivity index (χ4n) is 3.19. The quantitative estimate of drug-likeness (QED) is 0.702. The van der Waals surface area contributed by atoms with Gasteiger partial charge < -0.3 is 9.88 Å². The van der Waals surface area contributed by atoms with Gasteiger partial charge in [0, 0.05) is 28.4 Å². The Kier molecular flexibility index (Phi) is 6.53. The smallest absolute Gasteiger partial charge is 0.230 e. The summed E-state index contributed by atoms with van der Waals surface area (Å²) in [5, 5.41) is 14.9. The third-order valence-corrected chi connectivity index (χ3v) is 6.52. The van der Waals surface area contributed by atoms with E-state index in [0.717, 1.165) is 48.8 Å². The van der Waals surface area contributed by atoms with Gasteiger partial charge >= 0.3 is 0 Å². The standard InChI is InChI=1S/C18H26N4OS2/c1-3-9-22-17(13-10-15(4-2)24-11-13)20-21-18(22)25-12-16(23)19-14-7-5-6-8-14/h10-11,14H,3-9,12H2,1-2H3,(H,19,23). The monoisotopic (exact) mass is 378 g/mol. The zero-order chi connectivity index (χ0) is 17.6. The zero-order valence-corrected chi connectivity index (χ0v) is 16.6. The molecule has 0 bridgehead atoms. The van der Waals surface area contributed by atoms with E-state index in [9.17, 15) is 4.79 Å². The van der Waals surface area contributed by atoms with Crippen LogP contribution in [-0.4, -0.2) is 32.5 Å². The van der Waals surface area contributed by atoms with Crippen LogP contribution in [0.15, 0.2) is 16.6 Å². The summed E-state index contributed by atoms with van der Waals surface area (Å²) < 4.78 is 2.15. The molecule has 1 N–H and O–H groups in total. The Morgan fingerprint density at radius 3 is 2.84 bits per heavy atom. The van der Waals surface area contributed by atoms with E-state index in [1.54, 1.807) is 11.3 Å². The highest BCUT2D eigenvalue weighted by atomic mass is 32.2. The minimum Gasteiger partial charge on any atom is -0.353 e. The summed E-state index contributed by atoms with van der Waals surface area (Å²) in [6.07, 6.45) is 6.74. The van der Waals surface area contributed by atoms with Crippen molar-refractivity contribution in [3.05, 3.63) is 16.3 Å². The molecule has 0 unspecified atom stereocenters. The number of aromatic nitrogens is 3. The molecule has 0 saturated heterocycles. The third-order valence-electron chi connectivity index (χ3n) is 4.48. The molecule has 25 heavy (non-hydrogen) atoms. The second-order valence-electron chi connectivity index (χ2n) is 6.45. The Hall–Kier alpha value is -1.34. The first-order valence-electron chi connectivity index (χ1n) is 9.14. The molecular formula is C18H26N4OS2. The first-order chi connectivity index (χ1) is 12.2. The molecule has 1 aliphatic rings. The van der Waals surface area contributed by atoms with Crippen molar-refractivity contribution in [2.75, 3.05) is 5.75 Å². The van der Waals surface area contributed by atoms with Crippen LogP contribution in [0.1, 0.15) is 50.8 Å². The molecule has 1 amide bonds. The minimum atomic E-state index is 0.105. The highest BCUT2D eigenvalue weighted by molar-refractivity contribution is 7.99. The van der Waals surface area contributed by atoms with Crippen LogP contribution in [0.5, 0.6) is 0 Å². The molecular weight excluding hydrogens is 352 g/mol. The van der Waals surface area contributed by atoms with Crippen molar-refractivity contribution in [1.82, 2.24) is 20.1 Å². The number of thiophene rings is 1. The topological polar surface area (TPSA) is 59.8 Å². The second-order valence-corrected chi connectivity index (χ2v) is 8.39. The van der Waals surface area contributed by atoms with Gasteiger partial charge in [0.25, 0.3) is 0 Å². The lowest BCUT2D eigenvalue weighted by Gasteiger charge is -2.12. The van der Waals surface area contributed by atoms with Crippen LogP contribution in [0.3, 0.4) is 0 Å². The van der Waals surface area contributed by atoms with Crippen LogP contribution in [-0.2, 0) is 17.8 Å². The van der Waals surface area contributed by atoms with Crippen molar-refractivity contribution < 1.29 is 4.79 Å². The fraction of sp³-hybridized carbons (Fsp3) is 0.611. The van der Waals surface area contributed by atoms with Gasteiger partial charge in [0.1, 0.15) is 0 Å². The van der Waals surface area contributed by atoms with Crippen molar-refractivity contribution in [3.8, 4) is 11.4 Å². The van der Waals surface area contributed by atoms with Gasteiger partial charge in [-0.2, -0.15) is 0 Å². The largest absolute Gasteiger partial charge is 0.353 e. The Balaban J connectivity index is 1.67. The fourth-order valence-corrected chi connectivity index (χ4v) is 4.78. The van der Waals surface area contributed by atoms with Crippen LogP contribution in [0.2, 0.25) is 0 Å².